The maximum atomic E-state index is 12.8. The van der Waals surface area contributed by atoms with Crippen molar-refractivity contribution < 1.29 is 37.3 Å². The Morgan fingerprint density at radius 3 is 1.43 bits per heavy atom. The highest BCUT2D eigenvalue weighted by Crippen LogP contribution is 2.43. The van der Waals surface area contributed by atoms with E-state index in [1.807, 2.05) is 21.1 Å². The molecular formula is C52H97NO7P+. The van der Waals surface area contributed by atoms with E-state index in [1.165, 1.54) is 116 Å². The third-order valence-electron chi connectivity index (χ3n) is 10.6. The van der Waals surface area contributed by atoms with Gasteiger partial charge in [0.25, 0.3) is 0 Å². The lowest BCUT2D eigenvalue weighted by atomic mass is 10.0. The van der Waals surface area contributed by atoms with Crippen LogP contribution in [-0.4, -0.2) is 75.6 Å². The van der Waals surface area contributed by atoms with E-state index in [9.17, 15) is 14.3 Å². The van der Waals surface area contributed by atoms with Gasteiger partial charge in [0.2, 0.25) is 0 Å². The van der Waals surface area contributed by atoms with Crippen LogP contribution in [0.2, 0.25) is 0 Å². The number of carbonyl (C=O) groups is 1. The Kier molecular flexibility index (Phi) is 43.5. The fraction of sp³-hybridized carbons (Fsp3) is 0.788. The molecule has 0 aliphatic heterocycles. The minimum atomic E-state index is -4.28. The highest BCUT2D eigenvalue weighted by molar-refractivity contribution is 7.47. The first kappa shape index (κ1) is 59.2. The maximum Gasteiger partial charge on any atom is 0.472 e. The molecule has 0 radical (unpaired) electrons. The molecule has 0 aliphatic carbocycles. The summed E-state index contributed by atoms with van der Waals surface area (Å²) in [6, 6.07) is 0. The molecule has 0 aromatic heterocycles. The second-order valence-corrected chi connectivity index (χ2v) is 19.3. The van der Waals surface area contributed by atoms with E-state index in [1.54, 1.807) is 0 Å². The van der Waals surface area contributed by atoms with E-state index in [0.717, 1.165) is 70.6 Å². The summed E-state index contributed by atoms with van der Waals surface area (Å²) in [4.78, 5) is 23.0. The number of phosphoric ester groups is 1. The Bertz CT molecular complexity index is 1160. The van der Waals surface area contributed by atoms with Crippen molar-refractivity contribution in [3.63, 3.8) is 0 Å². The van der Waals surface area contributed by atoms with Crippen molar-refractivity contribution in [3.05, 3.63) is 60.8 Å². The molecule has 0 spiro atoms. The Morgan fingerprint density at radius 1 is 0.525 bits per heavy atom. The number of allylic oxidation sites excluding steroid dienone is 10. The summed E-state index contributed by atoms with van der Waals surface area (Å²) in [6.45, 7) is 5.52. The van der Waals surface area contributed by atoms with Crippen molar-refractivity contribution in [3.8, 4) is 0 Å². The summed E-state index contributed by atoms with van der Waals surface area (Å²) in [6.07, 6.45) is 56.9. The first-order valence-electron chi connectivity index (χ1n) is 25.0. The van der Waals surface area contributed by atoms with E-state index < -0.39 is 13.9 Å². The molecule has 0 saturated carbocycles. The molecule has 0 aromatic rings. The summed E-state index contributed by atoms with van der Waals surface area (Å²) >= 11 is 0. The predicted molar refractivity (Wildman–Crippen MR) is 261 cm³/mol. The van der Waals surface area contributed by atoms with Gasteiger partial charge in [0, 0.05) is 13.0 Å². The SMILES string of the molecule is CC/C=C\C/C=C\C/C=C\C/C=C\C/C=C\CCCCCCCCCCCC(=O)OC(COCCCCCCCCCCCCCCCC)COP(=O)(O)OCC[N+](C)(C)C. The van der Waals surface area contributed by atoms with Gasteiger partial charge in [-0.2, -0.15) is 0 Å². The maximum absolute atomic E-state index is 12.8. The van der Waals surface area contributed by atoms with E-state index >= 15 is 0 Å². The molecular weight excluding hydrogens is 782 g/mol. The van der Waals surface area contributed by atoms with Crippen molar-refractivity contribution >= 4 is 13.8 Å². The van der Waals surface area contributed by atoms with Crippen LogP contribution in [0, 0.1) is 0 Å². The average molecular weight is 879 g/mol. The van der Waals surface area contributed by atoms with Gasteiger partial charge in [-0.15, -0.1) is 0 Å². The van der Waals surface area contributed by atoms with E-state index in [4.69, 9.17) is 18.5 Å². The van der Waals surface area contributed by atoms with Gasteiger partial charge >= 0.3 is 13.8 Å². The van der Waals surface area contributed by atoms with Crippen molar-refractivity contribution in [1.29, 1.82) is 0 Å². The number of ether oxygens (including phenoxy) is 2. The van der Waals surface area contributed by atoms with Gasteiger partial charge < -0.3 is 18.9 Å². The minimum Gasteiger partial charge on any atom is -0.457 e. The zero-order valence-corrected chi connectivity index (χ0v) is 41.3. The van der Waals surface area contributed by atoms with Gasteiger partial charge in [-0.25, -0.2) is 4.57 Å². The number of nitrogens with zero attached hydrogens (tertiary/aromatic N) is 1. The van der Waals surface area contributed by atoms with Crippen LogP contribution in [0.5, 0.6) is 0 Å². The van der Waals surface area contributed by atoms with Crippen molar-refractivity contribution in [1.82, 2.24) is 0 Å². The normalized spacial score (nSPS) is 14.1. The quantitative estimate of drug-likeness (QED) is 0.0214. The molecule has 0 bridgehead atoms. The molecule has 8 nitrogen and oxygen atoms in total. The molecule has 0 heterocycles. The smallest absolute Gasteiger partial charge is 0.457 e. The lowest BCUT2D eigenvalue weighted by Crippen LogP contribution is -2.37. The van der Waals surface area contributed by atoms with E-state index in [0.29, 0.717) is 24.1 Å². The summed E-state index contributed by atoms with van der Waals surface area (Å²) in [5, 5.41) is 0. The fourth-order valence-corrected chi connectivity index (χ4v) is 7.50. The molecule has 1 N–H and O–H groups in total. The number of hydrogen-bond donors (Lipinski definition) is 1. The molecule has 9 heteroatoms. The highest BCUT2D eigenvalue weighted by Gasteiger charge is 2.26. The second kappa shape index (κ2) is 44.8. The Balaban J connectivity index is 4.14. The number of unbranched alkanes of at least 4 members (excludes halogenated alkanes) is 22. The first-order chi connectivity index (χ1) is 29.6. The predicted octanol–water partition coefficient (Wildman–Crippen LogP) is 15.3. The summed E-state index contributed by atoms with van der Waals surface area (Å²) in [7, 11) is 1.66. The summed E-state index contributed by atoms with van der Waals surface area (Å²) in [5.41, 5.74) is 0. The van der Waals surface area contributed by atoms with Crippen LogP contribution in [0.25, 0.3) is 0 Å². The molecule has 356 valence electrons. The number of phosphoric acid groups is 1. The standard InChI is InChI=1S/C52H96NO7P/c1-6-8-10-12-14-16-18-20-22-23-24-25-26-27-28-29-30-31-32-33-35-37-39-41-43-45-52(54)60-51(50-59-61(55,56)58-48-46-53(3,4)5)49-57-47-44-42-40-38-36-34-21-19-17-15-13-11-9-7-2/h8,10,14,16,20,22,24-25,27-28,51H,6-7,9,11-13,15,17-19,21,23,26,29-50H2,1-5H3/p+1/b10-8-,16-14-,22-20-,25-24-,28-27-. The molecule has 0 rings (SSSR count). The topological polar surface area (TPSA) is 91.3 Å². The van der Waals surface area contributed by atoms with Gasteiger partial charge in [-0.05, 0) is 57.8 Å². The molecule has 61 heavy (non-hydrogen) atoms. The third-order valence-corrected chi connectivity index (χ3v) is 11.6. The Hall–Kier alpha value is -1.80. The molecule has 2 unspecified atom stereocenters. The number of esters is 1. The zero-order valence-electron chi connectivity index (χ0n) is 40.4. The van der Waals surface area contributed by atoms with Gasteiger partial charge in [0.15, 0.2) is 0 Å². The van der Waals surface area contributed by atoms with Crippen LogP contribution >= 0.6 is 7.82 Å². The van der Waals surface area contributed by atoms with E-state index in [-0.39, 0.29) is 25.8 Å². The van der Waals surface area contributed by atoms with Crippen LogP contribution in [0.15, 0.2) is 60.8 Å². The summed E-state index contributed by atoms with van der Waals surface area (Å²) in [5.74, 6) is -0.320. The van der Waals surface area contributed by atoms with Crippen LogP contribution < -0.4 is 0 Å². The Morgan fingerprint density at radius 2 is 0.951 bits per heavy atom. The minimum absolute atomic E-state index is 0.0865. The average Bonchev–Trinajstić information content (AvgIpc) is 3.22. The zero-order chi connectivity index (χ0) is 44.8. The number of hydrogen-bond acceptors (Lipinski definition) is 6. The van der Waals surface area contributed by atoms with Crippen molar-refractivity contribution in [2.24, 2.45) is 0 Å². The van der Waals surface area contributed by atoms with Crippen LogP contribution in [0.3, 0.4) is 0 Å². The first-order valence-corrected chi connectivity index (χ1v) is 26.5. The number of rotatable bonds is 46. The number of likely N-dealkylation sites (N-methyl/N-ethyl adjacent to an activating group) is 1. The van der Waals surface area contributed by atoms with Crippen LogP contribution in [0.4, 0.5) is 0 Å². The van der Waals surface area contributed by atoms with Gasteiger partial charge in [-0.1, -0.05) is 203 Å². The van der Waals surface area contributed by atoms with Gasteiger partial charge in [-0.3, -0.25) is 13.8 Å². The summed E-state index contributed by atoms with van der Waals surface area (Å²) < 4.78 is 35.1. The lowest BCUT2D eigenvalue weighted by molar-refractivity contribution is -0.870. The third kappa shape index (κ3) is 49.1. The largest absolute Gasteiger partial charge is 0.472 e. The monoisotopic (exact) mass is 879 g/mol. The molecule has 0 fully saturated rings. The number of quaternary nitrogens is 1. The lowest BCUT2D eigenvalue weighted by Gasteiger charge is -2.24. The number of carbonyl (C=O) groups excluding carboxylic acids is 1. The molecule has 0 saturated heterocycles. The second-order valence-electron chi connectivity index (χ2n) is 17.8. The molecule has 0 amide bonds. The molecule has 0 aliphatic rings. The van der Waals surface area contributed by atoms with Gasteiger partial charge in [0.05, 0.1) is 34.4 Å². The van der Waals surface area contributed by atoms with Crippen molar-refractivity contribution in [2.75, 3.05) is 54.1 Å². The van der Waals surface area contributed by atoms with Gasteiger partial charge in [0.1, 0.15) is 19.3 Å². The molecule has 0 aromatic carbocycles. The van der Waals surface area contributed by atoms with Crippen molar-refractivity contribution in [2.45, 2.75) is 213 Å². The van der Waals surface area contributed by atoms with Crippen LogP contribution in [-0.2, 0) is 27.9 Å². The molecule has 2 atom stereocenters. The van der Waals surface area contributed by atoms with Crippen LogP contribution in [0.1, 0.15) is 206 Å². The fourth-order valence-electron chi connectivity index (χ4n) is 6.76. The Labute approximate surface area is 377 Å². The highest BCUT2D eigenvalue weighted by atomic mass is 31.2. The van der Waals surface area contributed by atoms with E-state index in [2.05, 4.69) is 74.6 Å².